The maximum Gasteiger partial charge on any atom is 0.134 e. The van der Waals surface area contributed by atoms with E-state index in [-0.39, 0.29) is 6.73 Å². The highest BCUT2D eigenvalue weighted by atomic mass is 16.3. The molecule has 0 aromatic rings. The minimum atomic E-state index is -0.0810. The number of aliphatic hydroxyl groups is 1. The fraction of sp³-hybridized carbons (Fsp3) is 0.750. The number of nitrogens with zero attached hydrogens (tertiary/aromatic N) is 1. The molecule has 0 saturated carbocycles. The van der Waals surface area contributed by atoms with Crippen LogP contribution in [0.5, 0.6) is 0 Å². The van der Waals surface area contributed by atoms with Crippen LogP contribution in [0.4, 0.5) is 0 Å². The van der Waals surface area contributed by atoms with Gasteiger partial charge >= 0.3 is 0 Å². The van der Waals surface area contributed by atoms with Crippen LogP contribution in [0.15, 0.2) is 4.99 Å². The van der Waals surface area contributed by atoms with E-state index in [1.54, 1.807) is 0 Å². The van der Waals surface area contributed by atoms with Crippen molar-refractivity contribution in [3.05, 3.63) is 0 Å². The van der Waals surface area contributed by atoms with Crippen molar-refractivity contribution in [1.82, 2.24) is 0 Å². The van der Waals surface area contributed by atoms with Gasteiger partial charge in [-0.3, -0.25) is 4.99 Å². The Bertz CT molecular complexity index is 54.6. The van der Waals surface area contributed by atoms with Gasteiger partial charge in [-0.1, -0.05) is 0 Å². The maximum atomic E-state index is 8.05. The quantitative estimate of drug-likeness (QED) is 0.462. The molecule has 0 radical (unpaired) electrons. The van der Waals surface area contributed by atoms with E-state index in [2.05, 4.69) is 4.99 Å². The Morgan fingerprint density at radius 2 is 2.17 bits per heavy atom. The number of rotatable bonds is 1. The predicted octanol–water partition coefficient (Wildman–Crippen LogP) is 0.417. The summed E-state index contributed by atoms with van der Waals surface area (Å²) >= 11 is 0. The summed E-state index contributed by atoms with van der Waals surface area (Å²) in [5.41, 5.74) is 0.914. The van der Waals surface area contributed by atoms with Gasteiger partial charge in [0.1, 0.15) is 6.73 Å². The second-order valence-corrected chi connectivity index (χ2v) is 1.25. The average molecular weight is 87.1 g/mol. The normalized spacial score (nSPS) is 7.83. The molecule has 1 N–H and O–H groups in total. The highest BCUT2D eigenvalue weighted by molar-refractivity contribution is 5.78. The van der Waals surface area contributed by atoms with Gasteiger partial charge in [-0.05, 0) is 13.8 Å². The first-order chi connectivity index (χ1) is 2.77. The Labute approximate surface area is 37.5 Å². The lowest BCUT2D eigenvalue weighted by molar-refractivity contribution is 0.309. The molecule has 0 aromatic heterocycles. The van der Waals surface area contributed by atoms with Crippen molar-refractivity contribution in [2.75, 3.05) is 6.73 Å². The number of aliphatic imine (C=N–C) groups is 1. The monoisotopic (exact) mass is 87.1 g/mol. The first-order valence-electron chi connectivity index (χ1n) is 1.86. The Balaban J connectivity index is 3.14. The third-order valence-corrected chi connectivity index (χ3v) is 0.387. The SMILES string of the molecule is CC(C)=NCO. The Morgan fingerprint density at radius 1 is 1.67 bits per heavy atom. The van der Waals surface area contributed by atoms with Crippen molar-refractivity contribution < 1.29 is 5.11 Å². The van der Waals surface area contributed by atoms with Crippen molar-refractivity contribution in [3.63, 3.8) is 0 Å². The van der Waals surface area contributed by atoms with Crippen LogP contribution in [0.3, 0.4) is 0 Å². The summed E-state index contributed by atoms with van der Waals surface area (Å²) in [7, 11) is 0. The van der Waals surface area contributed by atoms with Gasteiger partial charge in [0.15, 0.2) is 0 Å². The molecule has 0 fully saturated rings. The molecule has 0 heterocycles. The van der Waals surface area contributed by atoms with Crippen molar-refractivity contribution in [2.24, 2.45) is 4.99 Å². The van der Waals surface area contributed by atoms with Gasteiger partial charge in [0, 0.05) is 5.71 Å². The van der Waals surface area contributed by atoms with Gasteiger partial charge in [-0.2, -0.15) is 0 Å². The van der Waals surface area contributed by atoms with Crippen LogP contribution in [0, 0.1) is 0 Å². The molecule has 2 nitrogen and oxygen atoms in total. The molecule has 0 aromatic carbocycles. The summed E-state index contributed by atoms with van der Waals surface area (Å²) in [5.74, 6) is 0. The van der Waals surface area contributed by atoms with Crippen LogP contribution >= 0.6 is 0 Å². The molecular formula is C4H9NO. The van der Waals surface area contributed by atoms with Gasteiger partial charge in [-0.25, -0.2) is 0 Å². The highest BCUT2D eigenvalue weighted by Gasteiger charge is 1.68. The Kier molecular flexibility index (Phi) is 2.67. The summed E-state index contributed by atoms with van der Waals surface area (Å²) in [4.78, 5) is 3.60. The molecule has 0 bridgehead atoms. The van der Waals surface area contributed by atoms with E-state index in [9.17, 15) is 0 Å². The highest BCUT2D eigenvalue weighted by Crippen LogP contribution is 1.68. The summed E-state index contributed by atoms with van der Waals surface area (Å²) in [6.07, 6.45) is 0. The summed E-state index contributed by atoms with van der Waals surface area (Å²) in [5, 5.41) is 8.05. The van der Waals surface area contributed by atoms with Gasteiger partial charge in [0.05, 0.1) is 0 Å². The first kappa shape index (κ1) is 5.63. The minimum absolute atomic E-state index is 0.0810. The van der Waals surface area contributed by atoms with Crippen molar-refractivity contribution in [1.29, 1.82) is 0 Å². The zero-order chi connectivity index (χ0) is 4.99. The first-order valence-corrected chi connectivity index (χ1v) is 1.86. The third kappa shape index (κ3) is 3.63. The third-order valence-electron chi connectivity index (χ3n) is 0.387. The summed E-state index contributed by atoms with van der Waals surface area (Å²) in [6.45, 7) is 3.61. The lowest BCUT2D eigenvalue weighted by atomic mass is 10.5. The van der Waals surface area contributed by atoms with E-state index in [1.165, 1.54) is 0 Å². The molecular weight excluding hydrogens is 78.0 g/mol. The molecule has 0 rings (SSSR count). The van der Waals surface area contributed by atoms with Crippen LogP contribution in [0.25, 0.3) is 0 Å². The fourth-order valence-corrected chi connectivity index (χ4v) is 0.141. The minimum Gasteiger partial charge on any atom is -0.375 e. The largest absolute Gasteiger partial charge is 0.375 e. The fourth-order valence-electron chi connectivity index (χ4n) is 0.141. The van der Waals surface area contributed by atoms with Gasteiger partial charge in [0.2, 0.25) is 0 Å². The average Bonchev–Trinajstić information content (AvgIpc) is 1.35. The van der Waals surface area contributed by atoms with Gasteiger partial charge in [0.25, 0.3) is 0 Å². The second kappa shape index (κ2) is 2.85. The molecule has 0 amide bonds. The van der Waals surface area contributed by atoms with E-state index in [0.29, 0.717) is 0 Å². The van der Waals surface area contributed by atoms with Crippen molar-refractivity contribution >= 4 is 5.71 Å². The molecule has 0 saturated heterocycles. The van der Waals surface area contributed by atoms with Gasteiger partial charge < -0.3 is 5.11 Å². The number of aliphatic hydroxyl groups excluding tert-OH is 1. The lowest BCUT2D eigenvalue weighted by Crippen LogP contribution is -1.82. The van der Waals surface area contributed by atoms with Crippen molar-refractivity contribution in [2.45, 2.75) is 13.8 Å². The van der Waals surface area contributed by atoms with Crippen LogP contribution in [-0.4, -0.2) is 17.5 Å². The van der Waals surface area contributed by atoms with Crippen LogP contribution in [-0.2, 0) is 0 Å². The molecule has 0 spiro atoms. The zero-order valence-electron chi connectivity index (χ0n) is 4.10. The van der Waals surface area contributed by atoms with E-state index in [1.807, 2.05) is 13.8 Å². The molecule has 6 heavy (non-hydrogen) atoms. The molecule has 0 atom stereocenters. The topological polar surface area (TPSA) is 32.6 Å². The maximum absolute atomic E-state index is 8.05. The second-order valence-electron chi connectivity index (χ2n) is 1.25. The number of hydrogen-bond donors (Lipinski definition) is 1. The van der Waals surface area contributed by atoms with Crippen LogP contribution in [0.1, 0.15) is 13.8 Å². The molecule has 0 aliphatic carbocycles. The zero-order valence-corrected chi connectivity index (χ0v) is 4.10. The van der Waals surface area contributed by atoms with E-state index in [4.69, 9.17) is 5.11 Å². The van der Waals surface area contributed by atoms with E-state index in [0.717, 1.165) is 5.71 Å². The number of hydrogen-bond acceptors (Lipinski definition) is 2. The molecule has 0 unspecified atom stereocenters. The predicted molar refractivity (Wildman–Crippen MR) is 25.9 cm³/mol. The summed E-state index contributed by atoms with van der Waals surface area (Å²) in [6, 6.07) is 0. The molecule has 0 aliphatic rings. The lowest BCUT2D eigenvalue weighted by Gasteiger charge is -1.80. The Hall–Kier alpha value is -0.370. The van der Waals surface area contributed by atoms with Crippen LogP contribution < -0.4 is 0 Å². The van der Waals surface area contributed by atoms with Gasteiger partial charge in [-0.15, -0.1) is 0 Å². The standard InChI is InChI=1S/C4H9NO/c1-4(2)5-3-6/h6H,3H2,1-2H3. The van der Waals surface area contributed by atoms with Crippen molar-refractivity contribution in [3.8, 4) is 0 Å². The van der Waals surface area contributed by atoms with Crippen LogP contribution in [0.2, 0.25) is 0 Å². The van der Waals surface area contributed by atoms with E-state index >= 15 is 0 Å². The Morgan fingerprint density at radius 3 is 2.17 bits per heavy atom. The smallest absolute Gasteiger partial charge is 0.134 e. The molecule has 36 valence electrons. The summed E-state index contributed by atoms with van der Waals surface area (Å²) < 4.78 is 0. The van der Waals surface area contributed by atoms with E-state index < -0.39 is 0 Å². The molecule has 2 heteroatoms. The molecule has 0 aliphatic heterocycles.